The van der Waals surface area contributed by atoms with Gasteiger partial charge in [-0.1, -0.05) is 25.1 Å². The Bertz CT molecular complexity index is 598. The molecule has 2 aliphatic rings. The molecule has 1 N–H and O–H groups in total. The van der Waals surface area contributed by atoms with Crippen LogP contribution in [0.1, 0.15) is 19.8 Å². The minimum atomic E-state index is 0. The van der Waals surface area contributed by atoms with Crippen LogP contribution in [0.4, 0.5) is 0 Å². The zero-order valence-corrected chi connectivity index (χ0v) is 20.5. The number of piperazine rings is 1. The van der Waals surface area contributed by atoms with E-state index in [0.717, 1.165) is 50.7 Å². The van der Waals surface area contributed by atoms with Crippen LogP contribution in [0, 0.1) is 5.92 Å². The number of para-hydroxylation sites is 1. The topological polar surface area (TPSA) is 43.3 Å². The minimum absolute atomic E-state index is 0. The van der Waals surface area contributed by atoms with Gasteiger partial charge in [0.25, 0.3) is 0 Å². The van der Waals surface area contributed by atoms with Crippen LogP contribution < -0.4 is 10.1 Å². The molecule has 2 aliphatic heterocycles. The number of likely N-dealkylation sites (N-methyl/N-ethyl adjacent to an activating group) is 1. The molecule has 1 aromatic rings. The third kappa shape index (κ3) is 7.94. The lowest BCUT2D eigenvalue weighted by atomic mass is 10.1. The molecule has 0 aromatic heterocycles. The number of hydrogen-bond acceptors (Lipinski definition) is 4. The Hall–Kier alpha value is -1.06. The number of benzene rings is 1. The quantitative estimate of drug-likeness (QED) is 0.359. The average Bonchev–Trinajstić information content (AvgIpc) is 2.72. The van der Waals surface area contributed by atoms with Gasteiger partial charge in [0, 0.05) is 72.2 Å². The fourth-order valence-electron chi connectivity index (χ4n) is 4.01. The Labute approximate surface area is 193 Å². The second-order valence-corrected chi connectivity index (χ2v) is 8.25. The fraction of sp³-hybridized carbons (Fsp3) is 0.682. The summed E-state index contributed by atoms with van der Waals surface area (Å²) in [5.41, 5.74) is 0. The minimum Gasteiger partial charge on any atom is -0.490 e. The van der Waals surface area contributed by atoms with Crippen LogP contribution >= 0.6 is 24.0 Å². The molecule has 0 aliphatic carbocycles. The van der Waals surface area contributed by atoms with Gasteiger partial charge in [-0.15, -0.1) is 24.0 Å². The van der Waals surface area contributed by atoms with Crippen molar-refractivity contribution in [3.05, 3.63) is 30.3 Å². The number of nitrogens with zero attached hydrogens (tertiary/aromatic N) is 4. The van der Waals surface area contributed by atoms with E-state index >= 15 is 0 Å². The van der Waals surface area contributed by atoms with Crippen LogP contribution in [0.25, 0.3) is 0 Å². The van der Waals surface area contributed by atoms with Crippen LogP contribution in [0.3, 0.4) is 0 Å². The van der Waals surface area contributed by atoms with Crippen molar-refractivity contribution >= 4 is 29.9 Å². The van der Waals surface area contributed by atoms with Crippen molar-refractivity contribution in [3.8, 4) is 5.75 Å². The van der Waals surface area contributed by atoms with E-state index in [1.165, 1.54) is 26.2 Å². The highest BCUT2D eigenvalue weighted by atomic mass is 127. The van der Waals surface area contributed by atoms with Crippen LogP contribution in [0.15, 0.2) is 35.3 Å². The summed E-state index contributed by atoms with van der Waals surface area (Å²) in [4.78, 5) is 11.9. The summed E-state index contributed by atoms with van der Waals surface area (Å²) < 4.78 is 6.11. The first-order chi connectivity index (χ1) is 13.6. The zero-order chi connectivity index (χ0) is 19.8. The number of halogens is 1. The van der Waals surface area contributed by atoms with Crippen LogP contribution in [0.2, 0.25) is 0 Å². The van der Waals surface area contributed by atoms with Crippen molar-refractivity contribution in [1.29, 1.82) is 0 Å². The van der Waals surface area contributed by atoms with E-state index in [0.29, 0.717) is 12.0 Å². The maximum atomic E-state index is 6.11. The molecule has 0 amide bonds. The number of hydrogen-bond donors (Lipinski definition) is 1. The highest BCUT2D eigenvalue weighted by Gasteiger charge is 2.23. The first-order valence-electron chi connectivity index (χ1n) is 10.7. The maximum absolute atomic E-state index is 6.11. The number of ether oxygens (including phenoxy) is 1. The molecule has 0 spiro atoms. The molecule has 164 valence electrons. The van der Waals surface area contributed by atoms with Gasteiger partial charge in [-0.05, 0) is 25.1 Å². The van der Waals surface area contributed by atoms with E-state index in [1.807, 2.05) is 37.4 Å². The van der Waals surface area contributed by atoms with Gasteiger partial charge in [0.05, 0.1) is 0 Å². The highest BCUT2D eigenvalue weighted by Crippen LogP contribution is 2.18. The Balaban J connectivity index is 0.00000300. The molecule has 1 unspecified atom stereocenters. The van der Waals surface area contributed by atoms with Gasteiger partial charge in [-0.2, -0.15) is 0 Å². The zero-order valence-electron chi connectivity index (χ0n) is 18.2. The van der Waals surface area contributed by atoms with Crippen LogP contribution in [-0.2, 0) is 0 Å². The lowest BCUT2D eigenvalue weighted by Gasteiger charge is -2.36. The van der Waals surface area contributed by atoms with Crippen molar-refractivity contribution in [2.75, 3.05) is 66.5 Å². The largest absolute Gasteiger partial charge is 0.490 e. The standard InChI is InChI=1S/C22H37N5O.HI/c1-19(18-26-15-13-25(3)14-16-26)17-24-22(23-2)27-11-9-21(10-12-27)28-20-7-5-4-6-8-20;/h4-8,19,21H,9-18H2,1-3H3,(H,23,24);1H. The molecule has 3 rings (SSSR count). The summed E-state index contributed by atoms with van der Waals surface area (Å²) in [5, 5.41) is 3.60. The van der Waals surface area contributed by atoms with E-state index in [2.05, 4.69) is 39.0 Å². The number of guanidine groups is 1. The fourth-order valence-corrected chi connectivity index (χ4v) is 4.01. The number of nitrogens with one attached hydrogen (secondary N) is 1. The van der Waals surface area contributed by atoms with Gasteiger partial charge >= 0.3 is 0 Å². The molecular formula is C22H38IN5O. The number of likely N-dealkylation sites (tertiary alicyclic amines) is 1. The molecule has 7 heteroatoms. The predicted octanol–water partition coefficient (Wildman–Crippen LogP) is 2.61. The number of aliphatic imine (C=N–C) groups is 1. The Kier molecular flexibility index (Phi) is 10.5. The van der Waals surface area contributed by atoms with Crippen molar-refractivity contribution in [1.82, 2.24) is 20.0 Å². The third-order valence-electron chi connectivity index (χ3n) is 5.77. The summed E-state index contributed by atoms with van der Waals surface area (Å²) in [6.45, 7) is 11.2. The normalized spacial score (nSPS) is 20.8. The molecule has 0 saturated carbocycles. The monoisotopic (exact) mass is 515 g/mol. The van der Waals surface area contributed by atoms with Crippen molar-refractivity contribution in [3.63, 3.8) is 0 Å². The molecule has 1 aromatic carbocycles. The van der Waals surface area contributed by atoms with E-state index < -0.39 is 0 Å². The van der Waals surface area contributed by atoms with Crippen molar-refractivity contribution in [2.45, 2.75) is 25.9 Å². The van der Waals surface area contributed by atoms with Crippen molar-refractivity contribution in [2.24, 2.45) is 10.9 Å². The summed E-state index contributed by atoms with van der Waals surface area (Å²) in [6.07, 6.45) is 2.37. The second-order valence-electron chi connectivity index (χ2n) is 8.25. The molecule has 2 fully saturated rings. The first-order valence-corrected chi connectivity index (χ1v) is 10.7. The Morgan fingerprint density at radius 1 is 1.10 bits per heavy atom. The Morgan fingerprint density at radius 2 is 1.76 bits per heavy atom. The number of rotatable bonds is 6. The van der Waals surface area contributed by atoms with Gasteiger partial charge in [-0.3, -0.25) is 4.99 Å². The SMILES string of the molecule is CN=C(NCC(C)CN1CCN(C)CC1)N1CCC(Oc2ccccc2)CC1.I. The molecule has 0 radical (unpaired) electrons. The number of piperidine rings is 1. The van der Waals surface area contributed by atoms with E-state index in [4.69, 9.17) is 4.74 Å². The molecule has 1 atom stereocenters. The van der Waals surface area contributed by atoms with Gasteiger partial charge in [0.2, 0.25) is 0 Å². The smallest absolute Gasteiger partial charge is 0.193 e. The third-order valence-corrected chi connectivity index (χ3v) is 5.77. The lowest BCUT2D eigenvalue weighted by molar-refractivity contribution is 0.128. The molecule has 2 heterocycles. The summed E-state index contributed by atoms with van der Waals surface area (Å²) in [7, 11) is 4.10. The molecule has 0 bridgehead atoms. The van der Waals surface area contributed by atoms with Crippen LogP contribution in [-0.4, -0.2) is 93.2 Å². The van der Waals surface area contributed by atoms with Gasteiger partial charge in [0.1, 0.15) is 11.9 Å². The Morgan fingerprint density at radius 3 is 2.38 bits per heavy atom. The molecule has 29 heavy (non-hydrogen) atoms. The summed E-state index contributed by atoms with van der Waals surface area (Å²) >= 11 is 0. The summed E-state index contributed by atoms with van der Waals surface area (Å²) in [6, 6.07) is 10.2. The highest BCUT2D eigenvalue weighted by molar-refractivity contribution is 14.0. The van der Waals surface area contributed by atoms with Crippen molar-refractivity contribution < 1.29 is 4.74 Å². The van der Waals surface area contributed by atoms with Crippen LogP contribution in [0.5, 0.6) is 5.75 Å². The molecular weight excluding hydrogens is 477 g/mol. The predicted molar refractivity (Wildman–Crippen MR) is 132 cm³/mol. The first kappa shape index (κ1) is 24.2. The molecule has 6 nitrogen and oxygen atoms in total. The van der Waals surface area contributed by atoms with Gasteiger partial charge in [0.15, 0.2) is 5.96 Å². The van der Waals surface area contributed by atoms with E-state index in [-0.39, 0.29) is 24.0 Å². The van der Waals surface area contributed by atoms with Gasteiger partial charge in [-0.25, -0.2) is 0 Å². The molecule has 2 saturated heterocycles. The maximum Gasteiger partial charge on any atom is 0.193 e. The second kappa shape index (κ2) is 12.6. The van der Waals surface area contributed by atoms with Gasteiger partial charge < -0.3 is 24.8 Å². The average molecular weight is 515 g/mol. The lowest BCUT2D eigenvalue weighted by Crippen LogP contribution is -2.50. The summed E-state index contributed by atoms with van der Waals surface area (Å²) in [5.74, 6) is 2.61. The van der Waals surface area contributed by atoms with E-state index in [9.17, 15) is 0 Å². The van der Waals surface area contributed by atoms with E-state index in [1.54, 1.807) is 0 Å².